The predicted octanol–water partition coefficient (Wildman–Crippen LogP) is -2.82. The summed E-state index contributed by atoms with van der Waals surface area (Å²) in [5, 5.41) is 124. The second-order valence-corrected chi connectivity index (χ2v) is 11.7. The Kier molecular flexibility index (Phi) is 4.68. The van der Waals surface area contributed by atoms with Gasteiger partial charge in [-0.15, -0.1) is 0 Å². The molecule has 16 nitrogen and oxygen atoms in total. The number of nitrogens with zero attached hydrogens (tertiary/aromatic N) is 1. The lowest BCUT2D eigenvalue weighted by Crippen LogP contribution is -2.78. The SMILES string of the molecule is C[N+]1(C)C2(O)CC(O)(OC(=O)C(O)(c3sc(O)c(O)c3O)c3sc(O)c(O)c3O)CC1(O)C1(O)OC12O. The first kappa shape index (κ1) is 26.0. The molecule has 2 aromatic heterocycles. The average molecular weight is 569 g/mol. The van der Waals surface area contributed by atoms with Gasteiger partial charge in [0.15, 0.2) is 11.5 Å². The van der Waals surface area contributed by atoms with E-state index in [0.29, 0.717) is 0 Å². The molecule has 12 N–H and O–H groups in total. The van der Waals surface area contributed by atoms with E-state index in [1.165, 1.54) is 14.1 Å². The molecule has 3 fully saturated rings. The van der Waals surface area contributed by atoms with Gasteiger partial charge in [0.2, 0.25) is 33.0 Å². The van der Waals surface area contributed by atoms with Crippen LogP contribution in [0.5, 0.6) is 33.1 Å². The molecule has 0 aliphatic carbocycles. The highest BCUT2D eigenvalue weighted by atomic mass is 32.1. The number of carbonyl (C=O) groups is 1. The third kappa shape index (κ3) is 2.55. The van der Waals surface area contributed by atoms with Crippen molar-refractivity contribution in [3.8, 4) is 33.1 Å². The molecular formula is C19H22NO15S2+. The number of carbonyl (C=O) groups excluding carboxylic acids is 1. The van der Waals surface area contributed by atoms with Crippen molar-refractivity contribution in [1.82, 2.24) is 0 Å². The minimum absolute atomic E-state index is 0.0272. The summed E-state index contributed by atoms with van der Waals surface area (Å²) in [6, 6.07) is 0. The van der Waals surface area contributed by atoms with Gasteiger partial charge >= 0.3 is 17.5 Å². The number of fused-ring (bicyclic) bond motifs is 5. The largest absolute Gasteiger partial charge is 0.503 e. The molecule has 18 heteroatoms. The van der Waals surface area contributed by atoms with Crippen molar-refractivity contribution in [2.24, 2.45) is 0 Å². The zero-order valence-electron chi connectivity index (χ0n) is 18.8. The summed E-state index contributed by atoms with van der Waals surface area (Å²) in [4.78, 5) is 11.5. The molecule has 37 heavy (non-hydrogen) atoms. The van der Waals surface area contributed by atoms with Crippen molar-refractivity contribution in [2.45, 2.75) is 47.3 Å². The maximum atomic E-state index is 13.4. The van der Waals surface area contributed by atoms with E-state index in [0.717, 1.165) is 0 Å². The Hall–Kier alpha value is -2.65. The second-order valence-electron chi connectivity index (χ2n) is 9.74. The summed E-state index contributed by atoms with van der Waals surface area (Å²) in [6.45, 7) is 0. The maximum absolute atomic E-state index is 13.4. The molecule has 0 spiro atoms. The monoisotopic (exact) mass is 568 g/mol. The van der Waals surface area contributed by atoms with Crippen LogP contribution in [0.25, 0.3) is 0 Å². The summed E-state index contributed by atoms with van der Waals surface area (Å²) in [6.07, 6.45) is -2.23. The number of rotatable bonds is 4. The number of aliphatic hydroxyl groups is 6. The zero-order valence-corrected chi connectivity index (χ0v) is 20.4. The Morgan fingerprint density at radius 1 is 0.811 bits per heavy atom. The van der Waals surface area contributed by atoms with Crippen LogP contribution >= 0.6 is 22.7 Å². The highest BCUT2D eigenvalue weighted by Gasteiger charge is 3.05. The molecule has 204 valence electrons. The quantitative estimate of drug-likeness (QED) is 0.0767. The van der Waals surface area contributed by atoms with Crippen LogP contribution in [-0.4, -0.2) is 115 Å². The van der Waals surface area contributed by atoms with Gasteiger partial charge in [0.05, 0.1) is 14.1 Å². The van der Waals surface area contributed by atoms with Crippen molar-refractivity contribution in [1.29, 1.82) is 0 Å². The van der Waals surface area contributed by atoms with Crippen molar-refractivity contribution in [3.05, 3.63) is 9.75 Å². The summed E-state index contributed by atoms with van der Waals surface area (Å²) in [7, 11) is 2.38. The number of likely N-dealkylation sites (N-methyl/N-ethyl adjacent to an activating group) is 1. The van der Waals surface area contributed by atoms with E-state index in [4.69, 9.17) is 9.47 Å². The van der Waals surface area contributed by atoms with Crippen molar-refractivity contribution in [2.75, 3.05) is 14.1 Å². The van der Waals surface area contributed by atoms with E-state index in [9.17, 15) is 66.1 Å². The van der Waals surface area contributed by atoms with E-state index < -0.39 is 101 Å². The molecule has 2 bridgehead atoms. The van der Waals surface area contributed by atoms with Gasteiger partial charge in [0.25, 0.3) is 11.4 Å². The number of epoxide rings is 1. The Morgan fingerprint density at radius 2 is 1.19 bits per heavy atom. The minimum atomic E-state index is -3.44. The van der Waals surface area contributed by atoms with E-state index in [2.05, 4.69) is 0 Å². The average Bonchev–Trinajstić information content (AvgIpc) is 3.17. The van der Waals surface area contributed by atoms with Crippen LogP contribution in [0.1, 0.15) is 22.6 Å². The fourth-order valence-corrected chi connectivity index (χ4v) is 7.22. The van der Waals surface area contributed by atoms with Gasteiger partial charge in [-0.1, -0.05) is 22.7 Å². The highest BCUT2D eigenvalue weighted by Crippen LogP contribution is 2.73. The molecule has 4 unspecified atom stereocenters. The number of hydrogen-bond acceptors (Lipinski definition) is 17. The van der Waals surface area contributed by atoms with Crippen LogP contribution < -0.4 is 0 Å². The lowest BCUT2D eigenvalue weighted by molar-refractivity contribution is -1.04. The van der Waals surface area contributed by atoms with Gasteiger partial charge in [-0.3, -0.25) is 9.22 Å². The Balaban J connectivity index is 1.62. The van der Waals surface area contributed by atoms with Gasteiger partial charge in [-0.05, 0) is 0 Å². The van der Waals surface area contributed by atoms with Gasteiger partial charge in [0.1, 0.15) is 22.6 Å². The summed E-state index contributed by atoms with van der Waals surface area (Å²) in [5.74, 6) is -15.5. The minimum Gasteiger partial charge on any atom is -0.503 e. The number of esters is 1. The standard InChI is InChI=1S/C19H21NO15S2/c1-20(2)15(29)3-14(28,4-16(20,30)19(33)18(15,32)35-19)34-13(27)17(31,9-5(21)7(23)11(25)36-9)10-6(22)8(24)12(26)37-10/h28-33H,3-4H2,1-2H3,(H5-,21,22,23,24,25,26)/p+1. The van der Waals surface area contributed by atoms with Gasteiger partial charge in [-0.2, -0.15) is 0 Å². The lowest BCUT2D eigenvalue weighted by atomic mass is 9.87. The lowest BCUT2D eigenvalue weighted by Gasteiger charge is -2.55. The van der Waals surface area contributed by atoms with Gasteiger partial charge < -0.3 is 66.0 Å². The van der Waals surface area contributed by atoms with E-state index in [1.54, 1.807) is 0 Å². The smallest absolute Gasteiger partial charge is 0.352 e. The second kappa shape index (κ2) is 6.67. The number of aromatic hydroxyl groups is 6. The number of hydrogen-bond donors (Lipinski definition) is 12. The normalized spacial score (nSPS) is 37.8. The third-order valence-electron chi connectivity index (χ3n) is 7.61. The Bertz CT molecular complexity index is 1290. The molecule has 0 aromatic carbocycles. The van der Waals surface area contributed by atoms with Crippen LogP contribution in [0, 0.1) is 0 Å². The fraction of sp³-hybridized carbons (Fsp3) is 0.526. The van der Waals surface area contributed by atoms with Crippen molar-refractivity contribution < 1.29 is 80.0 Å². The molecule has 3 aliphatic heterocycles. The summed E-state index contributed by atoms with van der Waals surface area (Å²) >= 11 is 0.0545. The van der Waals surface area contributed by atoms with Crippen LogP contribution in [0.3, 0.4) is 0 Å². The number of quaternary nitrogens is 1. The number of piperidine rings is 1. The number of ether oxygens (including phenoxy) is 2. The van der Waals surface area contributed by atoms with Crippen LogP contribution in [0.15, 0.2) is 0 Å². The molecule has 2 aromatic rings. The van der Waals surface area contributed by atoms with Crippen LogP contribution in [0.2, 0.25) is 0 Å². The predicted molar refractivity (Wildman–Crippen MR) is 115 cm³/mol. The van der Waals surface area contributed by atoms with E-state index in [-0.39, 0.29) is 22.7 Å². The number of thiophene rings is 2. The fourth-order valence-electron chi connectivity index (χ4n) is 5.33. The molecule has 3 aliphatic rings. The van der Waals surface area contributed by atoms with Crippen LogP contribution in [-0.2, 0) is 19.9 Å². The Labute approximate surface area is 213 Å². The molecule has 0 radical (unpaired) electrons. The van der Waals surface area contributed by atoms with Crippen LogP contribution in [0.4, 0.5) is 0 Å². The van der Waals surface area contributed by atoms with Gasteiger partial charge in [0, 0.05) is 0 Å². The molecule has 3 saturated heterocycles. The Morgan fingerprint density at radius 3 is 1.51 bits per heavy atom. The van der Waals surface area contributed by atoms with E-state index in [1.807, 2.05) is 0 Å². The highest BCUT2D eigenvalue weighted by molar-refractivity contribution is 7.16. The molecule has 0 saturated carbocycles. The molecule has 0 amide bonds. The third-order valence-corrected chi connectivity index (χ3v) is 9.77. The summed E-state index contributed by atoms with van der Waals surface area (Å²) in [5.41, 5.74) is -8.84. The number of morpholine rings is 1. The summed E-state index contributed by atoms with van der Waals surface area (Å²) < 4.78 is 8.93. The first-order valence-electron chi connectivity index (χ1n) is 10.3. The van der Waals surface area contributed by atoms with Crippen molar-refractivity contribution >= 4 is 28.6 Å². The molecule has 4 atom stereocenters. The molecular weight excluding hydrogens is 546 g/mol. The van der Waals surface area contributed by atoms with Crippen molar-refractivity contribution in [3.63, 3.8) is 0 Å². The molecule has 5 heterocycles. The van der Waals surface area contributed by atoms with E-state index >= 15 is 0 Å². The zero-order chi connectivity index (χ0) is 27.9. The first-order valence-corrected chi connectivity index (χ1v) is 11.9. The molecule has 5 rings (SSSR count). The maximum Gasteiger partial charge on any atom is 0.352 e. The topological polar surface area (TPSA) is 282 Å². The first-order chi connectivity index (χ1) is 16.7. The van der Waals surface area contributed by atoms with Gasteiger partial charge in [-0.25, -0.2) is 4.79 Å².